The number of hydrogen-bond donors (Lipinski definition) is 2. The van der Waals surface area contributed by atoms with E-state index in [-0.39, 0.29) is 0 Å². The third-order valence-corrected chi connectivity index (χ3v) is 8.20. The van der Waals surface area contributed by atoms with E-state index >= 15 is 0 Å². The quantitative estimate of drug-likeness (QED) is 0.403. The first-order valence-corrected chi connectivity index (χ1v) is 14.0. The number of benzene rings is 3. The van der Waals surface area contributed by atoms with Crippen LogP contribution in [0.2, 0.25) is 0 Å². The number of amidine groups is 1. The average Bonchev–Trinajstić information content (AvgIpc) is 3.11. The lowest BCUT2D eigenvalue weighted by molar-refractivity contribution is -0.138. The Morgan fingerprint density at radius 3 is 2.39 bits per heavy atom. The number of ether oxygens (including phenoxy) is 1. The van der Waals surface area contributed by atoms with E-state index in [4.69, 9.17) is 20.6 Å². The maximum Gasteiger partial charge on any atom is 0.320 e. The highest BCUT2D eigenvalue weighted by Crippen LogP contribution is 2.40. The molecule has 0 radical (unpaired) electrons. The van der Waals surface area contributed by atoms with Gasteiger partial charge in [-0.3, -0.25) is 9.69 Å². The summed E-state index contributed by atoms with van der Waals surface area (Å²) in [4.78, 5) is 23.5. The van der Waals surface area contributed by atoms with Crippen LogP contribution in [0.3, 0.4) is 0 Å². The number of hydrogen-bond acceptors (Lipinski definition) is 7. The molecule has 0 saturated carbocycles. The van der Waals surface area contributed by atoms with Crippen LogP contribution in [0.25, 0.3) is 0 Å². The molecule has 0 spiro atoms. The molecule has 5 rings (SSSR count). The van der Waals surface area contributed by atoms with E-state index in [2.05, 4.69) is 58.3 Å². The molecule has 2 aliphatic heterocycles. The van der Waals surface area contributed by atoms with E-state index in [0.717, 1.165) is 61.8 Å². The number of carbonyl (C=O) groups is 1. The van der Waals surface area contributed by atoms with E-state index < -0.39 is 12.0 Å². The molecular formula is C30H34N4O3S. The Labute approximate surface area is 228 Å². The first kappa shape index (κ1) is 26.4. The number of carboxylic acid groups (broad SMARTS) is 1. The molecule has 1 fully saturated rings. The molecule has 8 heteroatoms. The summed E-state index contributed by atoms with van der Waals surface area (Å²) in [6, 6.07) is 23.9. The third-order valence-electron chi connectivity index (χ3n) is 7.05. The van der Waals surface area contributed by atoms with Crippen molar-refractivity contribution >= 4 is 29.3 Å². The Balaban J connectivity index is 1.11. The number of aliphatic imine (C=N–C) groups is 1. The van der Waals surface area contributed by atoms with Crippen molar-refractivity contribution in [2.45, 2.75) is 28.7 Å². The van der Waals surface area contributed by atoms with Crippen LogP contribution in [-0.4, -0.2) is 78.7 Å². The molecule has 38 heavy (non-hydrogen) atoms. The second-order valence-corrected chi connectivity index (χ2v) is 10.7. The standard InChI is InChI=1S/C30H34N4O3S/c31-25(30(35)36)21-23-8-2-1-7-22(23)13-19-37-20-18-33-14-16-34(17-15-33)29-24-9-3-5-11-27(24)38-28-12-6-4-10-26(28)32-29/h1-12,25H,13-21,31H2,(H,35,36). The highest BCUT2D eigenvalue weighted by atomic mass is 32.2. The van der Waals surface area contributed by atoms with E-state index in [1.807, 2.05) is 24.3 Å². The van der Waals surface area contributed by atoms with Gasteiger partial charge in [0.2, 0.25) is 0 Å². The summed E-state index contributed by atoms with van der Waals surface area (Å²) in [5.74, 6) is 0.0883. The molecule has 3 N–H and O–H groups in total. The van der Waals surface area contributed by atoms with Gasteiger partial charge in [0.25, 0.3) is 0 Å². The fourth-order valence-electron chi connectivity index (χ4n) is 4.90. The normalized spacial score (nSPS) is 16.2. The van der Waals surface area contributed by atoms with Gasteiger partial charge in [0.05, 0.1) is 18.9 Å². The van der Waals surface area contributed by atoms with E-state index in [9.17, 15) is 4.79 Å². The van der Waals surface area contributed by atoms with E-state index in [0.29, 0.717) is 19.6 Å². The summed E-state index contributed by atoms with van der Waals surface area (Å²) in [5, 5.41) is 9.12. The molecule has 0 aliphatic carbocycles. The van der Waals surface area contributed by atoms with Crippen molar-refractivity contribution < 1.29 is 14.6 Å². The minimum Gasteiger partial charge on any atom is -0.480 e. The summed E-state index contributed by atoms with van der Waals surface area (Å²) in [6.45, 7) is 5.95. The van der Waals surface area contributed by atoms with Gasteiger partial charge in [-0.1, -0.05) is 66.4 Å². The lowest BCUT2D eigenvalue weighted by Gasteiger charge is -2.36. The minimum atomic E-state index is -0.977. The van der Waals surface area contributed by atoms with Crippen molar-refractivity contribution in [1.82, 2.24) is 9.80 Å². The average molecular weight is 531 g/mol. The number of rotatable bonds is 9. The highest BCUT2D eigenvalue weighted by Gasteiger charge is 2.25. The first-order valence-electron chi connectivity index (χ1n) is 13.1. The molecule has 3 aromatic rings. The van der Waals surface area contributed by atoms with Crippen molar-refractivity contribution in [3.05, 3.63) is 89.5 Å². The van der Waals surface area contributed by atoms with Gasteiger partial charge in [-0.05, 0) is 42.2 Å². The van der Waals surface area contributed by atoms with E-state index in [1.165, 1.54) is 15.4 Å². The first-order chi connectivity index (χ1) is 18.6. The van der Waals surface area contributed by atoms with Crippen LogP contribution in [-0.2, 0) is 22.4 Å². The lowest BCUT2D eigenvalue weighted by Crippen LogP contribution is -2.49. The zero-order valence-electron chi connectivity index (χ0n) is 21.5. The molecule has 0 amide bonds. The van der Waals surface area contributed by atoms with Gasteiger partial charge in [-0.15, -0.1) is 0 Å². The van der Waals surface area contributed by atoms with Crippen LogP contribution in [0.1, 0.15) is 16.7 Å². The lowest BCUT2D eigenvalue weighted by atomic mass is 9.99. The van der Waals surface area contributed by atoms with Crippen LogP contribution in [0, 0.1) is 0 Å². The number of nitrogens with zero attached hydrogens (tertiary/aromatic N) is 3. The van der Waals surface area contributed by atoms with Crippen LogP contribution in [0.4, 0.5) is 5.69 Å². The number of aliphatic carboxylic acids is 1. The van der Waals surface area contributed by atoms with Crippen molar-refractivity contribution in [2.24, 2.45) is 10.7 Å². The Morgan fingerprint density at radius 1 is 0.921 bits per heavy atom. The van der Waals surface area contributed by atoms with Gasteiger partial charge < -0.3 is 20.5 Å². The summed E-state index contributed by atoms with van der Waals surface area (Å²) in [5.41, 5.74) is 10.1. The Kier molecular flexibility index (Phi) is 8.75. The SMILES string of the molecule is NC(Cc1ccccc1CCOCCN1CCN(C2=Nc3ccccc3Sc3ccccc32)CC1)C(=O)O. The smallest absolute Gasteiger partial charge is 0.320 e. The van der Waals surface area contributed by atoms with Crippen LogP contribution in [0.15, 0.2) is 87.6 Å². The minimum absolute atomic E-state index is 0.329. The fourth-order valence-corrected chi connectivity index (χ4v) is 5.91. The van der Waals surface area contributed by atoms with Gasteiger partial charge in [0.1, 0.15) is 11.9 Å². The maximum atomic E-state index is 11.1. The fraction of sp³-hybridized carbons (Fsp3) is 0.333. The molecule has 2 heterocycles. The molecule has 1 saturated heterocycles. The number of fused-ring (bicyclic) bond motifs is 2. The van der Waals surface area contributed by atoms with Gasteiger partial charge in [0, 0.05) is 48.1 Å². The van der Waals surface area contributed by atoms with Crippen molar-refractivity contribution in [2.75, 3.05) is 45.9 Å². The summed E-state index contributed by atoms with van der Waals surface area (Å²) < 4.78 is 5.96. The second-order valence-electron chi connectivity index (χ2n) is 9.61. The molecule has 2 aliphatic rings. The van der Waals surface area contributed by atoms with Gasteiger partial charge in [-0.25, -0.2) is 4.99 Å². The molecule has 1 atom stereocenters. The molecule has 0 bridgehead atoms. The second kappa shape index (κ2) is 12.6. The zero-order valence-corrected chi connectivity index (χ0v) is 22.3. The molecule has 1 unspecified atom stereocenters. The molecular weight excluding hydrogens is 496 g/mol. The third kappa shape index (κ3) is 6.45. The summed E-state index contributed by atoms with van der Waals surface area (Å²) in [6.07, 6.45) is 1.07. The predicted molar refractivity (Wildman–Crippen MR) is 151 cm³/mol. The number of nitrogens with two attached hydrogens (primary N) is 1. The van der Waals surface area contributed by atoms with Gasteiger partial charge in [-0.2, -0.15) is 0 Å². The predicted octanol–water partition coefficient (Wildman–Crippen LogP) is 4.06. The topological polar surface area (TPSA) is 91.4 Å². The summed E-state index contributed by atoms with van der Waals surface area (Å²) >= 11 is 1.79. The van der Waals surface area contributed by atoms with Crippen LogP contribution < -0.4 is 5.73 Å². The Hall–Kier alpha value is -3.17. The van der Waals surface area contributed by atoms with Crippen LogP contribution in [0.5, 0.6) is 0 Å². The molecule has 3 aromatic carbocycles. The maximum absolute atomic E-state index is 11.1. The van der Waals surface area contributed by atoms with Crippen molar-refractivity contribution in [3.8, 4) is 0 Å². The molecule has 0 aromatic heterocycles. The number of carboxylic acids is 1. The van der Waals surface area contributed by atoms with Crippen LogP contribution >= 0.6 is 11.8 Å². The van der Waals surface area contributed by atoms with E-state index in [1.54, 1.807) is 11.8 Å². The van der Waals surface area contributed by atoms with Gasteiger partial charge >= 0.3 is 5.97 Å². The summed E-state index contributed by atoms with van der Waals surface area (Å²) in [7, 11) is 0. The number of para-hydroxylation sites is 1. The number of piperazine rings is 1. The largest absolute Gasteiger partial charge is 0.480 e. The molecule has 198 valence electrons. The molecule has 7 nitrogen and oxygen atoms in total. The zero-order chi connectivity index (χ0) is 26.3. The van der Waals surface area contributed by atoms with Gasteiger partial charge in [0.15, 0.2) is 0 Å². The monoisotopic (exact) mass is 530 g/mol. The highest BCUT2D eigenvalue weighted by molar-refractivity contribution is 7.99. The van der Waals surface area contributed by atoms with Crippen molar-refractivity contribution in [1.29, 1.82) is 0 Å². The van der Waals surface area contributed by atoms with Crippen molar-refractivity contribution in [3.63, 3.8) is 0 Å². The Morgan fingerprint density at radius 2 is 1.61 bits per heavy atom. The Bertz CT molecular complexity index is 1290.